The van der Waals surface area contributed by atoms with E-state index in [9.17, 15) is 9.59 Å². The van der Waals surface area contributed by atoms with E-state index in [0.29, 0.717) is 29.3 Å². The van der Waals surface area contributed by atoms with E-state index in [4.69, 9.17) is 5.73 Å². The van der Waals surface area contributed by atoms with Gasteiger partial charge in [0.1, 0.15) is 0 Å². The summed E-state index contributed by atoms with van der Waals surface area (Å²) in [5.74, 6) is 0.379. The van der Waals surface area contributed by atoms with Gasteiger partial charge in [-0.3, -0.25) is 9.59 Å². The topological polar surface area (TPSA) is 75.4 Å². The van der Waals surface area contributed by atoms with Crippen LogP contribution in [0.3, 0.4) is 0 Å². The maximum atomic E-state index is 13.1. The molecule has 0 spiro atoms. The smallest absolute Gasteiger partial charge is 0.255 e. The number of amides is 2. The Balaban J connectivity index is 0.00000280. The number of aryl methyl sites for hydroxylation is 1. The highest BCUT2D eigenvalue weighted by Gasteiger charge is 2.29. The monoisotopic (exact) mass is 401 g/mol. The van der Waals surface area contributed by atoms with Crippen molar-refractivity contribution in [1.29, 1.82) is 0 Å². The van der Waals surface area contributed by atoms with Gasteiger partial charge in [-0.2, -0.15) is 0 Å². The van der Waals surface area contributed by atoms with Crippen molar-refractivity contribution < 1.29 is 9.59 Å². The largest absolute Gasteiger partial charge is 0.334 e. The lowest BCUT2D eigenvalue weighted by molar-refractivity contribution is 0.0573. The van der Waals surface area contributed by atoms with E-state index in [0.717, 1.165) is 24.9 Å². The van der Waals surface area contributed by atoms with Gasteiger partial charge in [-0.05, 0) is 55.5 Å². The van der Waals surface area contributed by atoms with Crippen LogP contribution in [-0.2, 0) is 0 Å². The molecule has 1 aliphatic rings. The van der Waals surface area contributed by atoms with Crippen molar-refractivity contribution in [3.8, 4) is 0 Å². The van der Waals surface area contributed by atoms with E-state index in [1.165, 1.54) is 0 Å². The summed E-state index contributed by atoms with van der Waals surface area (Å²) in [5.41, 5.74) is 8.64. The molecule has 2 aromatic rings. The van der Waals surface area contributed by atoms with Crippen molar-refractivity contribution in [3.63, 3.8) is 0 Å². The quantitative estimate of drug-likeness (QED) is 0.816. The standard InChI is InChI=1S/C22H27N3O2.ClH/c1-15-10-11-25(19(12-15)14-23)22(27)18-9-8-16(2)20(13-18)24-21(26)17-6-4-3-5-7-17;/h3-9,13,15,19H,10-12,14,23H2,1-2H3,(H,24,26);1H. The molecule has 5 nitrogen and oxygen atoms in total. The van der Waals surface area contributed by atoms with Crippen molar-refractivity contribution in [3.05, 3.63) is 65.2 Å². The van der Waals surface area contributed by atoms with E-state index >= 15 is 0 Å². The number of nitrogens with one attached hydrogen (secondary N) is 1. The molecule has 3 N–H and O–H groups in total. The van der Waals surface area contributed by atoms with Gasteiger partial charge in [0.15, 0.2) is 0 Å². The summed E-state index contributed by atoms with van der Waals surface area (Å²) in [6.45, 7) is 5.31. The van der Waals surface area contributed by atoms with Gasteiger partial charge in [0.05, 0.1) is 0 Å². The number of benzene rings is 2. The highest BCUT2D eigenvalue weighted by atomic mass is 35.5. The number of hydrogen-bond donors (Lipinski definition) is 2. The first-order chi connectivity index (χ1) is 13.0. The Bertz CT molecular complexity index is 826. The lowest BCUT2D eigenvalue weighted by Gasteiger charge is -2.38. The van der Waals surface area contributed by atoms with Crippen LogP contribution in [0.1, 0.15) is 46.0 Å². The van der Waals surface area contributed by atoms with Gasteiger partial charge >= 0.3 is 0 Å². The first-order valence-electron chi connectivity index (χ1n) is 9.47. The Morgan fingerprint density at radius 3 is 2.54 bits per heavy atom. The highest BCUT2D eigenvalue weighted by Crippen LogP contribution is 2.25. The summed E-state index contributed by atoms with van der Waals surface area (Å²) in [4.78, 5) is 27.4. The van der Waals surface area contributed by atoms with Gasteiger partial charge in [0.2, 0.25) is 0 Å². The molecule has 6 heteroatoms. The summed E-state index contributed by atoms with van der Waals surface area (Å²) in [5, 5.41) is 2.92. The molecule has 0 bridgehead atoms. The number of carbonyl (C=O) groups excluding carboxylic acids is 2. The minimum absolute atomic E-state index is 0. The van der Waals surface area contributed by atoms with E-state index in [1.807, 2.05) is 42.2 Å². The average Bonchev–Trinajstić information content (AvgIpc) is 2.69. The average molecular weight is 402 g/mol. The van der Waals surface area contributed by atoms with Crippen LogP contribution in [0.2, 0.25) is 0 Å². The normalized spacial score (nSPS) is 18.9. The SMILES string of the molecule is Cc1ccc(C(=O)N2CCC(C)CC2CN)cc1NC(=O)c1ccccc1.Cl. The van der Waals surface area contributed by atoms with Crippen molar-refractivity contribution in [1.82, 2.24) is 4.90 Å². The summed E-state index contributed by atoms with van der Waals surface area (Å²) < 4.78 is 0. The molecule has 0 aliphatic carbocycles. The van der Waals surface area contributed by atoms with E-state index in [-0.39, 0.29) is 30.3 Å². The third kappa shape index (κ3) is 4.91. The Morgan fingerprint density at radius 1 is 1.14 bits per heavy atom. The van der Waals surface area contributed by atoms with Gasteiger partial charge in [-0.1, -0.05) is 31.2 Å². The maximum absolute atomic E-state index is 13.1. The van der Waals surface area contributed by atoms with Crippen molar-refractivity contribution in [2.24, 2.45) is 11.7 Å². The number of nitrogens with zero attached hydrogens (tertiary/aromatic N) is 1. The molecule has 3 rings (SSSR count). The van der Waals surface area contributed by atoms with Crippen LogP contribution in [0.4, 0.5) is 5.69 Å². The predicted octanol–water partition coefficient (Wildman–Crippen LogP) is 3.87. The fourth-order valence-electron chi connectivity index (χ4n) is 3.58. The highest BCUT2D eigenvalue weighted by molar-refractivity contribution is 6.05. The molecule has 2 amide bonds. The zero-order chi connectivity index (χ0) is 19.4. The second-order valence-corrected chi connectivity index (χ2v) is 7.37. The van der Waals surface area contributed by atoms with Gasteiger partial charge in [0.25, 0.3) is 11.8 Å². The third-order valence-electron chi connectivity index (χ3n) is 5.28. The van der Waals surface area contributed by atoms with Crippen LogP contribution in [0.5, 0.6) is 0 Å². The van der Waals surface area contributed by atoms with Crippen LogP contribution in [-0.4, -0.2) is 35.8 Å². The molecule has 0 saturated carbocycles. The lowest BCUT2D eigenvalue weighted by Crippen LogP contribution is -2.49. The number of carbonyl (C=O) groups is 2. The summed E-state index contributed by atoms with van der Waals surface area (Å²) in [7, 11) is 0. The van der Waals surface area contributed by atoms with E-state index < -0.39 is 0 Å². The van der Waals surface area contributed by atoms with Gasteiger partial charge in [0, 0.05) is 35.9 Å². The number of halogens is 1. The Labute approximate surface area is 172 Å². The molecule has 1 aliphatic heterocycles. The number of nitrogens with two attached hydrogens (primary N) is 1. The second-order valence-electron chi connectivity index (χ2n) is 7.37. The summed E-state index contributed by atoms with van der Waals surface area (Å²) >= 11 is 0. The van der Waals surface area contributed by atoms with Crippen molar-refractivity contribution >= 4 is 29.9 Å². The van der Waals surface area contributed by atoms with Crippen LogP contribution in [0.25, 0.3) is 0 Å². The molecule has 2 unspecified atom stereocenters. The number of piperidine rings is 1. The second kappa shape index (κ2) is 9.71. The molecule has 28 heavy (non-hydrogen) atoms. The molecule has 150 valence electrons. The summed E-state index contributed by atoms with van der Waals surface area (Å²) in [6, 6.07) is 14.6. The van der Waals surface area contributed by atoms with Crippen molar-refractivity contribution in [2.75, 3.05) is 18.4 Å². The van der Waals surface area contributed by atoms with Crippen LogP contribution in [0.15, 0.2) is 48.5 Å². The molecule has 2 atom stereocenters. The Hall–Kier alpha value is -2.37. The predicted molar refractivity (Wildman–Crippen MR) is 115 cm³/mol. The minimum atomic E-state index is -0.185. The van der Waals surface area contributed by atoms with Crippen LogP contribution in [0, 0.1) is 12.8 Å². The molecule has 1 heterocycles. The Morgan fingerprint density at radius 2 is 1.86 bits per heavy atom. The zero-order valence-electron chi connectivity index (χ0n) is 16.4. The number of anilines is 1. The fourth-order valence-corrected chi connectivity index (χ4v) is 3.58. The molecule has 1 fully saturated rings. The number of likely N-dealkylation sites (tertiary alicyclic amines) is 1. The minimum Gasteiger partial charge on any atom is -0.334 e. The number of hydrogen-bond acceptors (Lipinski definition) is 3. The lowest BCUT2D eigenvalue weighted by atomic mass is 9.91. The first-order valence-corrected chi connectivity index (χ1v) is 9.47. The molecular formula is C22H28ClN3O2. The molecule has 1 saturated heterocycles. The molecule has 0 radical (unpaired) electrons. The van der Waals surface area contributed by atoms with Gasteiger partial charge in [-0.15, -0.1) is 12.4 Å². The Kier molecular flexibility index (Phi) is 7.61. The van der Waals surface area contributed by atoms with Gasteiger partial charge < -0.3 is 16.0 Å². The third-order valence-corrected chi connectivity index (χ3v) is 5.28. The first kappa shape index (κ1) is 21.9. The summed E-state index contributed by atoms with van der Waals surface area (Å²) in [6.07, 6.45) is 1.93. The molecule has 2 aromatic carbocycles. The fraction of sp³-hybridized carbons (Fsp3) is 0.364. The van der Waals surface area contributed by atoms with Crippen LogP contribution < -0.4 is 11.1 Å². The van der Waals surface area contributed by atoms with Gasteiger partial charge in [-0.25, -0.2) is 0 Å². The van der Waals surface area contributed by atoms with Crippen molar-refractivity contribution in [2.45, 2.75) is 32.7 Å². The number of rotatable bonds is 4. The zero-order valence-corrected chi connectivity index (χ0v) is 17.2. The van der Waals surface area contributed by atoms with E-state index in [2.05, 4.69) is 12.2 Å². The van der Waals surface area contributed by atoms with Crippen LogP contribution >= 0.6 is 12.4 Å². The van der Waals surface area contributed by atoms with E-state index in [1.54, 1.807) is 18.2 Å². The molecular weight excluding hydrogens is 374 g/mol. The maximum Gasteiger partial charge on any atom is 0.255 e. The molecule has 0 aromatic heterocycles.